The molecule has 0 bridgehead atoms. The molecule has 1 saturated heterocycles. The molecule has 7 heteroatoms. The van der Waals surface area contributed by atoms with Crippen LogP contribution in [0.3, 0.4) is 0 Å². The summed E-state index contributed by atoms with van der Waals surface area (Å²) in [5.41, 5.74) is 0.158. The van der Waals surface area contributed by atoms with Crippen molar-refractivity contribution in [1.82, 2.24) is 15.5 Å². The Kier molecular flexibility index (Phi) is 10.2. The summed E-state index contributed by atoms with van der Waals surface area (Å²) in [6.07, 6.45) is 5.71. The van der Waals surface area contributed by atoms with Crippen molar-refractivity contribution in [3.63, 3.8) is 0 Å². The van der Waals surface area contributed by atoms with Gasteiger partial charge in [0.25, 0.3) is 0 Å². The lowest BCUT2D eigenvalue weighted by Gasteiger charge is -2.55. The number of amides is 1. The van der Waals surface area contributed by atoms with Gasteiger partial charge in [0.2, 0.25) is 5.91 Å². The summed E-state index contributed by atoms with van der Waals surface area (Å²) >= 11 is 0. The lowest BCUT2D eigenvalue weighted by molar-refractivity contribution is -0.133. The summed E-state index contributed by atoms with van der Waals surface area (Å²) in [6.45, 7) is 12.1. The van der Waals surface area contributed by atoms with Gasteiger partial charge in [-0.2, -0.15) is 0 Å². The molecule has 0 radical (unpaired) electrons. The molecule has 1 saturated carbocycles. The molecule has 2 atom stereocenters. The van der Waals surface area contributed by atoms with E-state index >= 15 is 0 Å². The number of guanidine groups is 1. The van der Waals surface area contributed by atoms with Crippen LogP contribution in [0.2, 0.25) is 0 Å². The molecule has 6 nitrogen and oxygen atoms in total. The van der Waals surface area contributed by atoms with Gasteiger partial charge in [-0.05, 0) is 46.0 Å². The quantitative estimate of drug-likeness (QED) is 0.319. The molecule has 152 valence electrons. The van der Waals surface area contributed by atoms with Crippen LogP contribution in [-0.4, -0.2) is 61.7 Å². The van der Waals surface area contributed by atoms with Gasteiger partial charge in [-0.15, -0.1) is 24.0 Å². The van der Waals surface area contributed by atoms with E-state index in [0.717, 1.165) is 64.3 Å². The van der Waals surface area contributed by atoms with Gasteiger partial charge in [0.05, 0.1) is 6.10 Å². The van der Waals surface area contributed by atoms with E-state index in [1.165, 1.54) is 0 Å². The number of hydrogen-bond donors (Lipinski definition) is 2. The number of ether oxygens (including phenoxy) is 1. The Hall–Kier alpha value is -0.570. The Morgan fingerprint density at radius 2 is 1.85 bits per heavy atom. The molecule has 1 amide bonds. The highest BCUT2D eigenvalue weighted by molar-refractivity contribution is 14.0. The minimum absolute atomic E-state index is 0. The second-order valence-electron chi connectivity index (χ2n) is 7.10. The Bertz CT molecular complexity index is 462. The van der Waals surface area contributed by atoms with Crippen molar-refractivity contribution in [1.29, 1.82) is 0 Å². The van der Waals surface area contributed by atoms with Gasteiger partial charge in [0.1, 0.15) is 6.54 Å². The van der Waals surface area contributed by atoms with Crippen molar-refractivity contribution in [3.05, 3.63) is 0 Å². The number of hydrogen-bond acceptors (Lipinski definition) is 3. The molecule has 0 aromatic heterocycles. The molecule has 1 aliphatic carbocycles. The molecule has 26 heavy (non-hydrogen) atoms. The maximum atomic E-state index is 12.2. The number of nitrogens with zero attached hydrogens (tertiary/aromatic N) is 2. The number of nitrogens with one attached hydrogen (secondary N) is 2. The van der Waals surface area contributed by atoms with Crippen LogP contribution in [0.1, 0.15) is 59.8 Å². The molecule has 2 rings (SSSR count). The second-order valence-corrected chi connectivity index (χ2v) is 7.10. The molecular weight excluding hydrogens is 443 g/mol. The monoisotopic (exact) mass is 480 g/mol. The fraction of sp³-hybridized carbons (Fsp3) is 0.895. The average molecular weight is 480 g/mol. The Morgan fingerprint density at radius 3 is 2.38 bits per heavy atom. The summed E-state index contributed by atoms with van der Waals surface area (Å²) in [7, 11) is 0. The van der Waals surface area contributed by atoms with Crippen LogP contribution < -0.4 is 10.6 Å². The van der Waals surface area contributed by atoms with E-state index in [9.17, 15) is 4.79 Å². The minimum Gasteiger partial charge on any atom is -0.378 e. The molecule has 0 spiro atoms. The summed E-state index contributed by atoms with van der Waals surface area (Å²) in [6, 6.07) is 0.346. The van der Waals surface area contributed by atoms with Gasteiger partial charge < -0.3 is 20.3 Å². The predicted molar refractivity (Wildman–Crippen MR) is 117 cm³/mol. The van der Waals surface area contributed by atoms with Crippen LogP contribution in [-0.2, 0) is 9.53 Å². The van der Waals surface area contributed by atoms with E-state index in [1.54, 1.807) is 0 Å². The predicted octanol–water partition coefficient (Wildman–Crippen LogP) is 2.77. The standard InChI is InChI=1S/C19H36N4O2.HI/c1-5-19(6-2)15(13-16(19)25-8-4)22-18(20-7-3)21-14-17(24)23-11-9-10-12-23;/h15-16H,5-14H2,1-4H3,(H2,20,21,22);1H. The normalized spacial score (nSPS) is 24.6. The lowest BCUT2D eigenvalue weighted by atomic mass is 9.58. The number of carbonyl (C=O) groups excluding carboxylic acids is 1. The molecule has 2 N–H and O–H groups in total. The molecule has 1 heterocycles. The van der Waals surface area contributed by atoms with E-state index in [1.807, 2.05) is 4.90 Å². The van der Waals surface area contributed by atoms with E-state index in [2.05, 4.69) is 43.3 Å². The maximum Gasteiger partial charge on any atom is 0.244 e. The van der Waals surface area contributed by atoms with Crippen LogP contribution in [0.5, 0.6) is 0 Å². The highest BCUT2D eigenvalue weighted by Gasteiger charge is 2.53. The smallest absolute Gasteiger partial charge is 0.244 e. The Labute approximate surface area is 175 Å². The first-order valence-electron chi connectivity index (χ1n) is 10.0. The third-order valence-corrected chi connectivity index (χ3v) is 5.96. The molecule has 0 aromatic rings. The van der Waals surface area contributed by atoms with Gasteiger partial charge in [-0.1, -0.05) is 13.8 Å². The molecule has 2 fully saturated rings. The first-order chi connectivity index (χ1) is 12.1. The van der Waals surface area contributed by atoms with E-state index < -0.39 is 0 Å². The minimum atomic E-state index is 0. The summed E-state index contributed by atoms with van der Waals surface area (Å²) in [4.78, 5) is 18.7. The van der Waals surface area contributed by atoms with Gasteiger partial charge in [0, 0.05) is 37.7 Å². The number of rotatable bonds is 8. The van der Waals surface area contributed by atoms with Gasteiger partial charge in [-0.3, -0.25) is 4.79 Å². The van der Waals surface area contributed by atoms with Gasteiger partial charge >= 0.3 is 0 Å². The average Bonchev–Trinajstić information content (AvgIpc) is 3.14. The first kappa shape index (κ1) is 23.5. The SMILES string of the molecule is CCNC(=NCC(=O)N1CCCC1)NC1CC(OCC)C1(CC)CC.I. The fourth-order valence-corrected chi connectivity index (χ4v) is 4.28. The summed E-state index contributed by atoms with van der Waals surface area (Å²) < 4.78 is 5.95. The third kappa shape index (κ3) is 5.24. The van der Waals surface area contributed by atoms with Gasteiger partial charge in [0.15, 0.2) is 5.96 Å². The van der Waals surface area contributed by atoms with Crippen molar-refractivity contribution in [2.75, 3.05) is 32.8 Å². The fourth-order valence-electron chi connectivity index (χ4n) is 4.28. The second kappa shape index (κ2) is 11.3. The topological polar surface area (TPSA) is 66.0 Å². The zero-order valence-electron chi connectivity index (χ0n) is 16.8. The van der Waals surface area contributed by atoms with Crippen LogP contribution in [0.25, 0.3) is 0 Å². The summed E-state index contributed by atoms with van der Waals surface area (Å²) in [5.74, 6) is 0.883. The number of carbonyl (C=O) groups is 1. The molecule has 2 aliphatic rings. The van der Waals surface area contributed by atoms with E-state index in [-0.39, 0.29) is 41.8 Å². The van der Waals surface area contributed by atoms with Crippen molar-refractivity contribution >= 4 is 35.8 Å². The van der Waals surface area contributed by atoms with Crippen molar-refractivity contribution < 1.29 is 9.53 Å². The highest BCUT2D eigenvalue weighted by Crippen LogP contribution is 2.48. The zero-order valence-corrected chi connectivity index (χ0v) is 19.2. The third-order valence-electron chi connectivity index (χ3n) is 5.96. The Morgan fingerprint density at radius 1 is 1.19 bits per heavy atom. The number of halogens is 1. The number of aliphatic imine (C=N–C) groups is 1. The van der Waals surface area contributed by atoms with Crippen molar-refractivity contribution in [2.45, 2.75) is 71.9 Å². The van der Waals surface area contributed by atoms with Crippen molar-refractivity contribution in [3.8, 4) is 0 Å². The largest absolute Gasteiger partial charge is 0.378 e. The zero-order chi connectivity index (χ0) is 18.3. The first-order valence-corrected chi connectivity index (χ1v) is 10.0. The maximum absolute atomic E-state index is 12.2. The Balaban J connectivity index is 0.00000338. The molecule has 1 aliphatic heterocycles. The van der Waals surface area contributed by atoms with E-state index in [0.29, 0.717) is 12.1 Å². The molecule has 0 aromatic carbocycles. The highest BCUT2D eigenvalue weighted by atomic mass is 127. The van der Waals surface area contributed by atoms with E-state index in [4.69, 9.17) is 4.74 Å². The molecular formula is C19H37IN4O2. The van der Waals surface area contributed by atoms with Crippen LogP contribution in [0, 0.1) is 5.41 Å². The van der Waals surface area contributed by atoms with Crippen molar-refractivity contribution in [2.24, 2.45) is 10.4 Å². The number of likely N-dealkylation sites (tertiary alicyclic amines) is 1. The van der Waals surface area contributed by atoms with Crippen LogP contribution in [0.4, 0.5) is 0 Å². The molecule has 2 unspecified atom stereocenters. The summed E-state index contributed by atoms with van der Waals surface area (Å²) in [5, 5.41) is 6.86. The van der Waals surface area contributed by atoms with Crippen LogP contribution in [0.15, 0.2) is 4.99 Å². The lowest BCUT2D eigenvalue weighted by Crippen LogP contribution is -2.65. The van der Waals surface area contributed by atoms with Crippen LogP contribution >= 0.6 is 24.0 Å². The van der Waals surface area contributed by atoms with Gasteiger partial charge in [-0.25, -0.2) is 4.99 Å².